The van der Waals surface area contributed by atoms with Crippen LogP contribution in [-0.4, -0.2) is 30.5 Å². The molecule has 0 spiro atoms. The summed E-state index contributed by atoms with van der Waals surface area (Å²) in [7, 11) is 2.86. The zero-order valence-corrected chi connectivity index (χ0v) is 15.1. The van der Waals surface area contributed by atoms with E-state index in [4.69, 9.17) is 21.7 Å². The number of methoxy groups -OCH3 is 2. The summed E-state index contributed by atoms with van der Waals surface area (Å²) < 4.78 is 10.2. The van der Waals surface area contributed by atoms with Crippen molar-refractivity contribution in [2.75, 3.05) is 14.2 Å². The van der Waals surface area contributed by atoms with E-state index in [2.05, 4.69) is 15.8 Å². The fourth-order valence-corrected chi connectivity index (χ4v) is 2.25. The van der Waals surface area contributed by atoms with Crippen LogP contribution in [0.4, 0.5) is 5.69 Å². The Morgan fingerprint density at radius 3 is 2.50 bits per heavy atom. The molecule has 2 N–H and O–H groups in total. The first-order valence-corrected chi connectivity index (χ1v) is 7.97. The van der Waals surface area contributed by atoms with Crippen LogP contribution in [0.1, 0.15) is 11.1 Å². The predicted molar refractivity (Wildman–Crippen MR) is 103 cm³/mol. The Labute approximate surface area is 156 Å². The summed E-state index contributed by atoms with van der Waals surface area (Å²) in [5.74, 6) is 0.633. The van der Waals surface area contributed by atoms with Gasteiger partial charge in [-0.25, -0.2) is 0 Å². The molecule has 0 fully saturated rings. The maximum atomic E-state index is 11.2. The van der Waals surface area contributed by atoms with E-state index in [-0.39, 0.29) is 17.0 Å². The van der Waals surface area contributed by atoms with Crippen LogP contribution >= 0.6 is 12.2 Å². The molecule has 2 rings (SSSR count). The largest absolute Gasteiger partial charge is 0.493 e. The lowest BCUT2D eigenvalue weighted by molar-refractivity contribution is -0.385. The van der Waals surface area contributed by atoms with E-state index in [9.17, 15) is 10.1 Å². The minimum absolute atomic E-state index is 0.156. The summed E-state index contributed by atoms with van der Waals surface area (Å²) in [5, 5.41) is 18.5. The van der Waals surface area contributed by atoms with Gasteiger partial charge in [-0.3, -0.25) is 15.5 Å². The number of hydrogen-bond acceptors (Lipinski definition) is 6. The molecule has 9 heteroatoms. The third-order valence-corrected chi connectivity index (χ3v) is 3.63. The van der Waals surface area contributed by atoms with Gasteiger partial charge in [0.2, 0.25) is 0 Å². The van der Waals surface area contributed by atoms with Crippen molar-refractivity contribution in [3.63, 3.8) is 0 Å². The molecule has 0 unspecified atom stereocenters. The van der Waals surface area contributed by atoms with Gasteiger partial charge >= 0.3 is 0 Å². The van der Waals surface area contributed by atoms with Gasteiger partial charge in [-0.15, -0.1) is 0 Å². The minimum Gasteiger partial charge on any atom is -0.493 e. The third-order valence-electron chi connectivity index (χ3n) is 3.40. The molecule has 0 saturated heterocycles. The van der Waals surface area contributed by atoms with Gasteiger partial charge in [-0.05, 0) is 23.8 Å². The van der Waals surface area contributed by atoms with Gasteiger partial charge in [0.05, 0.1) is 37.0 Å². The van der Waals surface area contributed by atoms with Crippen LogP contribution < -0.4 is 20.2 Å². The van der Waals surface area contributed by atoms with Gasteiger partial charge in [0, 0.05) is 6.54 Å². The highest BCUT2D eigenvalue weighted by atomic mass is 32.1. The van der Waals surface area contributed by atoms with Crippen molar-refractivity contribution in [1.82, 2.24) is 10.7 Å². The van der Waals surface area contributed by atoms with E-state index >= 15 is 0 Å². The molecule has 26 heavy (non-hydrogen) atoms. The highest BCUT2D eigenvalue weighted by molar-refractivity contribution is 7.80. The van der Waals surface area contributed by atoms with Gasteiger partial charge in [0.15, 0.2) is 16.6 Å². The monoisotopic (exact) mass is 374 g/mol. The number of nitro groups is 1. The second-order valence-electron chi connectivity index (χ2n) is 5.06. The first-order chi connectivity index (χ1) is 12.5. The topological polar surface area (TPSA) is 98.0 Å². The molecule has 0 radical (unpaired) electrons. The van der Waals surface area contributed by atoms with Crippen molar-refractivity contribution in [3.8, 4) is 11.5 Å². The van der Waals surface area contributed by atoms with Crippen LogP contribution in [0.15, 0.2) is 47.6 Å². The summed E-state index contributed by atoms with van der Waals surface area (Å²) in [4.78, 5) is 10.7. The van der Waals surface area contributed by atoms with Crippen LogP contribution in [0, 0.1) is 10.1 Å². The molecule has 0 aliphatic heterocycles. The first kappa shape index (κ1) is 19.1. The molecular formula is C17H18N4O4S. The molecule has 0 aliphatic carbocycles. The summed E-state index contributed by atoms with van der Waals surface area (Å²) in [5.41, 5.74) is 3.79. The van der Waals surface area contributed by atoms with E-state index in [1.54, 1.807) is 0 Å². The number of nitrogens with zero attached hydrogens (tertiary/aromatic N) is 2. The lowest BCUT2D eigenvalue weighted by Crippen LogP contribution is -2.31. The Morgan fingerprint density at radius 1 is 1.23 bits per heavy atom. The van der Waals surface area contributed by atoms with Crippen molar-refractivity contribution < 1.29 is 14.4 Å². The van der Waals surface area contributed by atoms with Gasteiger partial charge in [-0.1, -0.05) is 30.3 Å². The smallest absolute Gasteiger partial charge is 0.282 e. The van der Waals surface area contributed by atoms with Crippen LogP contribution in [-0.2, 0) is 6.54 Å². The SMILES string of the molecule is COc1cc(/C=N\NC(=S)NCc2ccccc2)c([N+](=O)[O-])cc1OC. The lowest BCUT2D eigenvalue weighted by atomic mass is 10.1. The molecule has 0 bridgehead atoms. The van der Waals surface area contributed by atoms with Gasteiger partial charge in [0.25, 0.3) is 5.69 Å². The van der Waals surface area contributed by atoms with Crippen molar-refractivity contribution in [2.24, 2.45) is 5.10 Å². The number of nitro benzene ring substituents is 1. The van der Waals surface area contributed by atoms with E-state index in [0.717, 1.165) is 5.56 Å². The van der Waals surface area contributed by atoms with Crippen LogP contribution in [0.25, 0.3) is 0 Å². The van der Waals surface area contributed by atoms with Crippen molar-refractivity contribution >= 4 is 29.2 Å². The Kier molecular flexibility index (Phi) is 6.86. The number of hydrazone groups is 1. The number of hydrogen-bond donors (Lipinski definition) is 2. The average Bonchev–Trinajstić information content (AvgIpc) is 2.66. The highest BCUT2D eigenvalue weighted by Gasteiger charge is 2.18. The third kappa shape index (κ3) is 5.15. The van der Waals surface area contributed by atoms with Crippen LogP contribution in [0.5, 0.6) is 11.5 Å². The molecule has 2 aromatic carbocycles. The molecule has 0 aromatic heterocycles. The first-order valence-electron chi connectivity index (χ1n) is 7.56. The maximum absolute atomic E-state index is 11.2. The summed E-state index contributed by atoms with van der Waals surface area (Å²) in [6, 6.07) is 12.5. The van der Waals surface area contributed by atoms with E-state index < -0.39 is 4.92 Å². The number of rotatable bonds is 7. The van der Waals surface area contributed by atoms with E-state index in [1.807, 2.05) is 30.3 Å². The minimum atomic E-state index is -0.519. The highest BCUT2D eigenvalue weighted by Crippen LogP contribution is 2.33. The number of ether oxygens (including phenoxy) is 2. The Bertz CT molecular complexity index is 812. The Morgan fingerprint density at radius 2 is 1.88 bits per heavy atom. The molecule has 136 valence electrons. The molecule has 0 aliphatic rings. The molecule has 2 aromatic rings. The zero-order valence-electron chi connectivity index (χ0n) is 14.3. The molecule has 0 saturated carbocycles. The summed E-state index contributed by atoms with van der Waals surface area (Å²) in [6.45, 7) is 0.540. The quantitative estimate of drug-likeness (QED) is 0.333. The van der Waals surface area contributed by atoms with Gasteiger partial charge in [-0.2, -0.15) is 5.10 Å². The van der Waals surface area contributed by atoms with Gasteiger partial charge in [0.1, 0.15) is 0 Å². The molecule has 0 heterocycles. The summed E-state index contributed by atoms with van der Waals surface area (Å²) >= 11 is 5.13. The fourth-order valence-electron chi connectivity index (χ4n) is 2.12. The lowest BCUT2D eigenvalue weighted by Gasteiger charge is -2.09. The molecular weight excluding hydrogens is 356 g/mol. The zero-order chi connectivity index (χ0) is 18.9. The second kappa shape index (κ2) is 9.33. The van der Waals surface area contributed by atoms with Crippen molar-refractivity contribution in [2.45, 2.75) is 6.54 Å². The predicted octanol–water partition coefficient (Wildman–Crippen LogP) is 2.61. The standard InChI is InChI=1S/C17H18N4O4S/c1-24-15-8-13(14(21(22)23)9-16(15)25-2)11-19-20-17(26)18-10-12-6-4-3-5-7-12/h3-9,11H,10H2,1-2H3,(H2,18,20,26)/b19-11-. The fraction of sp³-hybridized carbons (Fsp3) is 0.176. The molecule has 0 amide bonds. The number of thiocarbonyl (C=S) groups is 1. The van der Waals surface area contributed by atoms with Crippen molar-refractivity contribution in [3.05, 3.63) is 63.7 Å². The Hall–Kier alpha value is -3.20. The van der Waals surface area contributed by atoms with Gasteiger partial charge < -0.3 is 14.8 Å². The molecule has 8 nitrogen and oxygen atoms in total. The number of nitrogens with one attached hydrogen (secondary N) is 2. The van der Waals surface area contributed by atoms with Crippen LogP contribution in [0.2, 0.25) is 0 Å². The Balaban J connectivity index is 2.04. The van der Waals surface area contributed by atoms with Crippen LogP contribution in [0.3, 0.4) is 0 Å². The second-order valence-corrected chi connectivity index (χ2v) is 5.47. The van der Waals surface area contributed by atoms with E-state index in [0.29, 0.717) is 17.4 Å². The number of benzene rings is 2. The normalized spacial score (nSPS) is 10.4. The maximum Gasteiger partial charge on any atom is 0.282 e. The molecule has 0 atom stereocenters. The summed E-state index contributed by atoms with van der Waals surface area (Å²) in [6.07, 6.45) is 1.30. The average molecular weight is 374 g/mol. The van der Waals surface area contributed by atoms with Crippen molar-refractivity contribution in [1.29, 1.82) is 0 Å². The van der Waals surface area contributed by atoms with E-state index in [1.165, 1.54) is 32.6 Å².